The van der Waals surface area contributed by atoms with Gasteiger partial charge in [-0.3, -0.25) is 4.79 Å². The first-order chi connectivity index (χ1) is 10.3. The van der Waals surface area contributed by atoms with Crippen LogP contribution in [-0.4, -0.2) is 43.9 Å². The number of rotatable bonds is 6. The second-order valence-corrected chi connectivity index (χ2v) is 6.95. The molecule has 2 fully saturated rings. The summed E-state index contributed by atoms with van der Waals surface area (Å²) in [5.74, 6) is 0.732. The molecule has 1 aromatic rings. The molecular formula is C15H24N4OS. The fourth-order valence-electron chi connectivity index (χ4n) is 3.18. The molecule has 0 N–H and O–H groups in total. The summed E-state index contributed by atoms with van der Waals surface area (Å²) in [6, 6.07) is 1.02. The number of hydrogen-bond donors (Lipinski definition) is 0. The van der Waals surface area contributed by atoms with Gasteiger partial charge in [0, 0.05) is 18.6 Å². The van der Waals surface area contributed by atoms with Crippen molar-refractivity contribution in [1.82, 2.24) is 19.7 Å². The Hall–Kier alpha value is -1.04. The number of carbonyl (C=O) groups is 1. The van der Waals surface area contributed by atoms with Gasteiger partial charge in [-0.2, -0.15) is 0 Å². The molecule has 2 aliphatic rings. The van der Waals surface area contributed by atoms with Crippen LogP contribution in [0, 0.1) is 0 Å². The Morgan fingerprint density at radius 2 is 2.10 bits per heavy atom. The van der Waals surface area contributed by atoms with Crippen LogP contribution in [0.2, 0.25) is 0 Å². The van der Waals surface area contributed by atoms with Gasteiger partial charge in [0.1, 0.15) is 6.33 Å². The Balaban J connectivity index is 1.55. The normalized spacial score (nSPS) is 19.7. The minimum Gasteiger partial charge on any atom is -0.339 e. The first-order valence-electron chi connectivity index (χ1n) is 8.11. The third kappa shape index (κ3) is 3.59. The molecule has 3 rings (SSSR count). The summed E-state index contributed by atoms with van der Waals surface area (Å²) in [6.45, 7) is 2.91. The maximum absolute atomic E-state index is 12.5. The van der Waals surface area contributed by atoms with Crippen LogP contribution in [0.4, 0.5) is 0 Å². The van der Waals surface area contributed by atoms with Crippen molar-refractivity contribution >= 4 is 17.7 Å². The Bertz CT molecular complexity index is 480. The van der Waals surface area contributed by atoms with Crippen LogP contribution in [0.25, 0.3) is 0 Å². The Morgan fingerprint density at radius 3 is 2.76 bits per heavy atom. The number of thioether (sulfide) groups is 1. The summed E-state index contributed by atoms with van der Waals surface area (Å²) < 4.78 is 2.12. The number of amides is 1. The van der Waals surface area contributed by atoms with E-state index >= 15 is 0 Å². The molecule has 1 aromatic heterocycles. The molecule has 2 aliphatic carbocycles. The minimum atomic E-state index is 0.250. The van der Waals surface area contributed by atoms with Crippen molar-refractivity contribution in [2.75, 3.05) is 12.3 Å². The highest BCUT2D eigenvalue weighted by molar-refractivity contribution is 7.99. The van der Waals surface area contributed by atoms with E-state index in [9.17, 15) is 4.79 Å². The van der Waals surface area contributed by atoms with Crippen LogP contribution < -0.4 is 0 Å². The summed E-state index contributed by atoms with van der Waals surface area (Å²) in [5.41, 5.74) is 0. The zero-order chi connectivity index (χ0) is 14.7. The minimum absolute atomic E-state index is 0.250. The molecule has 0 radical (unpaired) electrons. The van der Waals surface area contributed by atoms with Crippen LogP contribution >= 0.6 is 11.8 Å². The zero-order valence-electron chi connectivity index (χ0n) is 12.7. The monoisotopic (exact) mass is 308 g/mol. The molecule has 6 heteroatoms. The molecule has 116 valence electrons. The van der Waals surface area contributed by atoms with Crippen LogP contribution in [0.5, 0.6) is 0 Å². The van der Waals surface area contributed by atoms with Crippen molar-refractivity contribution in [3.05, 3.63) is 6.33 Å². The Kier molecular flexibility index (Phi) is 4.83. The molecule has 0 unspecified atom stereocenters. The van der Waals surface area contributed by atoms with E-state index in [1.807, 2.05) is 0 Å². The van der Waals surface area contributed by atoms with Crippen molar-refractivity contribution in [2.45, 2.75) is 69.1 Å². The third-order valence-corrected chi connectivity index (χ3v) is 5.42. The van der Waals surface area contributed by atoms with Gasteiger partial charge in [0.25, 0.3) is 0 Å². The average Bonchev–Trinajstić information content (AvgIpc) is 3.25. The Labute approximate surface area is 130 Å². The van der Waals surface area contributed by atoms with E-state index in [4.69, 9.17) is 0 Å². The van der Waals surface area contributed by atoms with Crippen LogP contribution in [0.1, 0.15) is 57.9 Å². The fourth-order valence-corrected chi connectivity index (χ4v) is 4.05. The zero-order valence-corrected chi connectivity index (χ0v) is 13.5. The summed E-state index contributed by atoms with van der Waals surface area (Å²) in [5, 5.41) is 9.03. The van der Waals surface area contributed by atoms with Gasteiger partial charge in [0.05, 0.1) is 5.75 Å². The van der Waals surface area contributed by atoms with Crippen LogP contribution in [-0.2, 0) is 4.79 Å². The number of nitrogens with zero attached hydrogens (tertiary/aromatic N) is 4. The predicted octanol–water partition coefficient (Wildman–Crippen LogP) is 2.89. The van der Waals surface area contributed by atoms with Gasteiger partial charge in [-0.25, -0.2) is 0 Å². The molecule has 0 aromatic carbocycles. The van der Waals surface area contributed by atoms with E-state index in [0.717, 1.165) is 11.7 Å². The van der Waals surface area contributed by atoms with Gasteiger partial charge in [-0.05, 0) is 32.6 Å². The molecule has 1 heterocycles. The number of aromatic nitrogens is 3. The maximum Gasteiger partial charge on any atom is 0.233 e. The average molecular weight is 308 g/mol. The topological polar surface area (TPSA) is 51.0 Å². The molecule has 5 nitrogen and oxygen atoms in total. The molecular weight excluding hydrogens is 284 g/mol. The first-order valence-corrected chi connectivity index (χ1v) is 9.10. The number of carbonyl (C=O) groups excluding carboxylic acids is 1. The summed E-state index contributed by atoms with van der Waals surface area (Å²) in [6.07, 6.45) is 10.4. The molecule has 0 saturated heterocycles. The van der Waals surface area contributed by atoms with E-state index in [-0.39, 0.29) is 5.91 Å². The van der Waals surface area contributed by atoms with Gasteiger partial charge in [0.15, 0.2) is 5.16 Å². The first kappa shape index (κ1) is 14.9. The largest absolute Gasteiger partial charge is 0.339 e. The maximum atomic E-state index is 12.5. The molecule has 2 saturated carbocycles. The van der Waals surface area contributed by atoms with Gasteiger partial charge in [-0.15, -0.1) is 10.2 Å². The van der Waals surface area contributed by atoms with E-state index in [1.165, 1.54) is 56.7 Å². The molecule has 0 atom stereocenters. The second-order valence-electron chi connectivity index (χ2n) is 6.01. The summed E-state index contributed by atoms with van der Waals surface area (Å²) in [4.78, 5) is 14.6. The smallest absolute Gasteiger partial charge is 0.233 e. The number of hydrogen-bond acceptors (Lipinski definition) is 4. The lowest BCUT2D eigenvalue weighted by atomic mass is 9.94. The van der Waals surface area contributed by atoms with E-state index < -0.39 is 0 Å². The van der Waals surface area contributed by atoms with Gasteiger partial charge >= 0.3 is 0 Å². The van der Waals surface area contributed by atoms with E-state index in [2.05, 4.69) is 26.6 Å². The highest BCUT2D eigenvalue weighted by Gasteiger charge is 2.28. The SMILES string of the molecule is CCN(C(=O)CSc1nncn1C1CC1)C1CCCCC1. The second kappa shape index (κ2) is 6.81. The van der Waals surface area contributed by atoms with Crippen LogP contribution in [0.15, 0.2) is 11.5 Å². The van der Waals surface area contributed by atoms with Gasteiger partial charge < -0.3 is 9.47 Å². The lowest BCUT2D eigenvalue weighted by Gasteiger charge is -2.33. The summed E-state index contributed by atoms with van der Waals surface area (Å²) in [7, 11) is 0. The molecule has 0 bridgehead atoms. The van der Waals surface area contributed by atoms with Gasteiger partial charge in [0.2, 0.25) is 5.91 Å². The van der Waals surface area contributed by atoms with Crippen molar-refractivity contribution in [1.29, 1.82) is 0 Å². The Morgan fingerprint density at radius 1 is 1.33 bits per heavy atom. The third-order valence-electron chi connectivity index (χ3n) is 4.48. The van der Waals surface area contributed by atoms with Crippen LogP contribution in [0.3, 0.4) is 0 Å². The highest BCUT2D eigenvalue weighted by Crippen LogP contribution is 2.37. The lowest BCUT2D eigenvalue weighted by Crippen LogP contribution is -2.42. The molecule has 1 amide bonds. The quantitative estimate of drug-likeness (QED) is 0.758. The lowest BCUT2D eigenvalue weighted by molar-refractivity contribution is -0.131. The van der Waals surface area contributed by atoms with E-state index in [1.54, 1.807) is 6.33 Å². The molecule has 0 aliphatic heterocycles. The van der Waals surface area contributed by atoms with Crippen molar-refractivity contribution < 1.29 is 4.79 Å². The molecule has 0 spiro atoms. The van der Waals surface area contributed by atoms with E-state index in [0.29, 0.717) is 17.8 Å². The van der Waals surface area contributed by atoms with Crippen molar-refractivity contribution in [2.24, 2.45) is 0 Å². The summed E-state index contributed by atoms with van der Waals surface area (Å²) >= 11 is 1.54. The standard InChI is InChI=1S/C15H24N4OS/c1-2-18(12-6-4-3-5-7-12)14(20)10-21-15-17-16-11-19(15)13-8-9-13/h11-13H,2-10H2,1H3. The predicted molar refractivity (Wildman–Crippen MR) is 83.3 cm³/mol. The van der Waals surface area contributed by atoms with Gasteiger partial charge in [-0.1, -0.05) is 31.0 Å². The van der Waals surface area contributed by atoms with Crippen molar-refractivity contribution in [3.63, 3.8) is 0 Å². The fraction of sp³-hybridized carbons (Fsp3) is 0.800. The highest BCUT2D eigenvalue weighted by atomic mass is 32.2. The van der Waals surface area contributed by atoms with Crippen molar-refractivity contribution in [3.8, 4) is 0 Å². The molecule has 21 heavy (non-hydrogen) atoms.